The average molecular weight is 294 g/mol. The number of aliphatic hydroxyl groups excluding tert-OH is 1. The molecule has 6 heteroatoms. The highest BCUT2D eigenvalue weighted by molar-refractivity contribution is 6.33. The first-order valence-corrected chi connectivity index (χ1v) is 6.54. The molecule has 0 spiro atoms. The average Bonchev–Trinajstić information content (AvgIpc) is 2.88. The minimum Gasteiger partial charge on any atom is -0.394 e. The molecule has 1 amide bonds. The van der Waals surface area contributed by atoms with Crippen molar-refractivity contribution >= 4 is 17.5 Å². The molecule has 0 unspecified atom stereocenters. The van der Waals surface area contributed by atoms with Gasteiger partial charge in [-0.3, -0.25) is 9.89 Å². The monoisotopic (exact) mass is 293 g/mol. The van der Waals surface area contributed by atoms with Crippen molar-refractivity contribution in [1.29, 1.82) is 0 Å². The number of benzene rings is 1. The molecule has 0 aliphatic rings. The van der Waals surface area contributed by atoms with Gasteiger partial charge in [0.25, 0.3) is 5.91 Å². The predicted octanol–water partition coefficient (Wildman–Crippen LogP) is 2.23. The van der Waals surface area contributed by atoms with E-state index in [1.165, 1.54) is 0 Å². The molecule has 2 aromatic rings. The second-order valence-corrected chi connectivity index (χ2v) is 5.55. The quantitative estimate of drug-likeness (QED) is 0.809. The second kappa shape index (κ2) is 5.64. The predicted molar refractivity (Wildman–Crippen MR) is 77.7 cm³/mol. The Morgan fingerprint density at radius 3 is 2.80 bits per heavy atom. The number of H-pyrrole nitrogens is 1. The van der Waals surface area contributed by atoms with E-state index in [0.717, 1.165) is 5.56 Å². The van der Waals surface area contributed by atoms with Gasteiger partial charge in [0, 0.05) is 5.56 Å². The van der Waals surface area contributed by atoms with Crippen molar-refractivity contribution in [2.24, 2.45) is 0 Å². The lowest BCUT2D eigenvalue weighted by atomic mass is 10.1. The van der Waals surface area contributed by atoms with Gasteiger partial charge in [0.1, 0.15) is 5.69 Å². The van der Waals surface area contributed by atoms with E-state index in [4.69, 9.17) is 16.7 Å². The zero-order chi connectivity index (χ0) is 14.8. The molecule has 0 radical (unpaired) electrons. The molecule has 0 fully saturated rings. The molecule has 2 rings (SSSR count). The Morgan fingerprint density at radius 1 is 1.45 bits per heavy atom. The molecule has 1 heterocycles. The molecule has 1 aromatic carbocycles. The third-order valence-corrected chi connectivity index (χ3v) is 3.15. The summed E-state index contributed by atoms with van der Waals surface area (Å²) in [6, 6.07) is 8.91. The van der Waals surface area contributed by atoms with Crippen molar-refractivity contribution in [3.05, 3.63) is 41.0 Å². The minimum atomic E-state index is -0.688. The van der Waals surface area contributed by atoms with Crippen LogP contribution in [0.25, 0.3) is 11.3 Å². The minimum absolute atomic E-state index is 0.149. The van der Waals surface area contributed by atoms with Crippen LogP contribution in [0.1, 0.15) is 24.3 Å². The fourth-order valence-corrected chi connectivity index (χ4v) is 1.89. The number of hydrogen-bond donors (Lipinski definition) is 3. The Hall–Kier alpha value is -1.85. The third kappa shape index (κ3) is 3.18. The smallest absolute Gasteiger partial charge is 0.269 e. The van der Waals surface area contributed by atoms with Gasteiger partial charge in [0.15, 0.2) is 0 Å². The van der Waals surface area contributed by atoms with Crippen LogP contribution in [0, 0.1) is 0 Å². The first-order chi connectivity index (χ1) is 9.43. The summed E-state index contributed by atoms with van der Waals surface area (Å²) in [5, 5.41) is 19.2. The van der Waals surface area contributed by atoms with Gasteiger partial charge >= 0.3 is 0 Å². The number of nitrogens with one attached hydrogen (secondary N) is 2. The number of nitrogens with zero attached hydrogens (tertiary/aromatic N) is 1. The molecule has 0 aliphatic carbocycles. The molecule has 20 heavy (non-hydrogen) atoms. The maximum absolute atomic E-state index is 12.0. The Bertz CT molecular complexity index is 622. The highest BCUT2D eigenvalue weighted by atomic mass is 35.5. The number of rotatable bonds is 4. The van der Waals surface area contributed by atoms with E-state index in [-0.39, 0.29) is 12.5 Å². The summed E-state index contributed by atoms with van der Waals surface area (Å²) in [6.07, 6.45) is 0. The summed E-state index contributed by atoms with van der Waals surface area (Å²) in [5.41, 5.74) is 0.988. The van der Waals surface area contributed by atoms with Gasteiger partial charge in [-0.15, -0.1) is 0 Å². The first-order valence-electron chi connectivity index (χ1n) is 6.16. The van der Waals surface area contributed by atoms with Crippen LogP contribution < -0.4 is 5.32 Å². The molecule has 1 aromatic heterocycles. The molecule has 5 nitrogen and oxygen atoms in total. The lowest BCUT2D eigenvalue weighted by Crippen LogP contribution is -2.46. The van der Waals surface area contributed by atoms with Gasteiger partial charge in [0.2, 0.25) is 0 Å². The van der Waals surface area contributed by atoms with Crippen LogP contribution in [0.2, 0.25) is 5.02 Å². The number of hydrogen-bond acceptors (Lipinski definition) is 3. The largest absolute Gasteiger partial charge is 0.394 e. The van der Waals surface area contributed by atoms with Crippen LogP contribution in [0.15, 0.2) is 30.3 Å². The van der Waals surface area contributed by atoms with E-state index < -0.39 is 5.54 Å². The van der Waals surface area contributed by atoms with Crippen LogP contribution >= 0.6 is 11.6 Å². The van der Waals surface area contributed by atoms with E-state index >= 15 is 0 Å². The van der Waals surface area contributed by atoms with Crippen LogP contribution in [0.3, 0.4) is 0 Å². The van der Waals surface area contributed by atoms with Crippen LogP contribution in [-0.4, -0.2) is 33.4 Å². The zero-order valence-electron chi connectivity index (χ0n) is 11.3. The molecular weight excluding hydrogens is 278 g/mol. The van der Waals surface area contributed by atoms with Crippen molar-refractivity contribution in [3.63, 3.8) is 0 Å². The number of aliphatic hydroxyl groups is 1. The van der Waals surface area contributed by atoms with Crippen molar-refractivity contribution in [2.45, 2.75) is 19.4 Å². The molecule has 0 atom stereocenters. The number of halogens is 1. The molecule has 3 N–H and O–H groups in total. The summed E-state index contributed by atoms with van der Waals surface area (Å²) < 4.78 is 0. The van der Waals surface area contributed by atoms with Gasteiger partial charge in [-0.1, -0.05) is 29.8 Å². The van der Waals surface area contributed by atoms with Gasteiger partial charge in [-0.05, 0) is 26.0 Å². The van der Waals surface area contributed by atoms with Gasteiger partial charge < -0.3 is 10.4 Å². The number of carbonyl (C=O) groups excluding carboxylic acids is 1. The topological polar surface area (TPSA) is 78.0 Å². The normalized spacial score (nSPS) is 11.4. The van der Waals surface area contributed by atoms with Crippen molar-refractivity contribution in [1.82, 2.24) is 15.5 Å². The van der Waals surface area contributed by atoms with Gasteiger partial charge in [-0.25, -0.2) is 0 Å². The number of carbonyl (C=O) groups is 1. The van der Waals surface area contributed by atoms with Crippen molar-refractivity contribution in [3.8, 4) is 11.3 Å². The summed E-state index contributed by atoms with van der Waals surface area (Å²) >= 11 is 6.09. The number of amides is 1. The summed E-state index contributed by atoms with van der Waals surface area (Å²) in [7, 11) is 0. The van der Waals surface area contributed by atoms with E-state index in [9.17, 15) is 4.79 Å². The lowest BCUT2D eigenvalue weighted by molar-refractivity contribution is 0.0864. The second-order valence-electron chi connectivity index (χ2n) is 5.14. The van der Waals surface area contributed by atoms with Gasteiger partial charge in [-0.2, -0.15) is 5.10 Å². The number of aromatic nitrogens is 2. The zero-order valence-corrected chi connectivity index (χ0v) is 12.0. The Kier molecular flexibility index (Phi) is 4.11. The highest BCUT2D eigenvalue weighted by Gasteiger charge is 2.21. The van der Waals surface area contributed by atoms with E-state index in [0.29, 0.717) is 16.4 Å². The van der Waals surface area contributed by atoms with Gasteiger partial charge in [0.05, 0.1) is 22.9 Å². The Labute approximate surface area is 122 Å². The SMILES string of the molecule is CC(C)(CO)NC(=O)c1cc(-c2ccccc2Cl)n[nH]1. The van der Waals surface area contributed by atoms with Crippen LogP contribution in [-0.2, 0) is 0 Å². The lowest BCUT2D eigenvalue weighted by Gasteiger charge is -2.22. The highest BCUT2D eigenvalue weighted by Crippen LogP contribution is 2.26. The number of aromatic amines is 1. The maximum Gasteiger partial charge on any atom is 0.269 e. The fraction of sp³-hybridized carbons (Fsp3) is 0.286. The van der Waals surface area contributed by atoms with Crippen molar-refractivity contribution in [2.75, 3.05) is 6.61 Å². The molecule has 0 bridgehead atoms. The standard InChI is InChI=1S/C14H16ClN3O2/c1-14(2,8-19)16-13(20)12-7-11(17-18-12)9-5-3-4-6-10(9)15/h3-7,19H,8H2,1-2H3,(H,16,20)(H,17,18). The molecular formula is C14H16ClN3O2. The van der Waals surface area contributed by atoms with Crippen LogP contribution in [0.5, 0.6) is 0 Å². The summed E-state index contributed by atoms with van der Waals surface area (Å²) in [5.74, 6) is -0.324. The third-order valence-electron chi connectivity index (χ3n) is 2.82. The van der Waals surface area contributed by atoms with Crippen LogP contribution in [0.4, 0.5) is 0 Å². The first kappa shape index (κ1) is 14.6. The Morgan fingerprint density at radius 2 is 2.15 bits per heavy atom. The Balaban J connectivity index is 2.22. The van der Waals surface area contributed by atoms with E-state index in [1.54, 1.807) is 26.0 Å². The fourth-order valence-electron chi connectivity index (χ4n) is 1.66. The molecule has 106 valence electrons. The molecule has 0 aliphatic heterocycles. The van der Waals surface area contributed by atoms with E-state index in [1.807, 2.05) is 18.2 Å². The molecule has 0 saturated carbocycles. The van der Waals surface area contributed by atoms with Crippen molar-refractivity contribution < 1.29 is 9.90 Å². The van der Waals surface area contributed by atoms with E-state index in [2.05, 4.69) is 15.5 Å². The molecule has 0 saturated heterocycles. The summed E-state index contributed by atoms with van der Waals surface area (Å²) in [6.45, 7) is 3.32. The maximum atomic E-state index is 12.0. The summed E-state index contributed by atoms with van der Waals surface area (Å²) in [4.78, 5) is 12.0.